The van der Waals surface area contributed by atoms with Crippen LogP contribution in [0.5, 0.6) is 0 Å². The molecule has 0 aromatic rings. The van der Waals surface area contributed by atoms with E-state index in [1.807, 2.05) is 6.26 Å². The summed E-state index contributed by atoms with van der Waals surface area (Å²) in [6.45, 7) is 4.59. The summed E-state index contributed by atoms with van der Waals surface area (Å²) in [5, 5.41) is 0. The second kappa shape index (κ2) is 12.8. The molecule has 0 aromatic carbocycles. The maximum absolute atomic E-state index is 12.6. The molecule has 0 radical (unpaired) electrons. The van der Waals surface area contributed by atoms with Crippen LogP contribution in [0.1, 0.15) is 129 Å². The van der Waals surface area contributed by atoms with Crippen molar-refractivity contribution in [3.05, 3.63) is 0 Å². The molecule has 1 nitrogen and oxygen atoms in total. The highest BCUT2D eigenvalue weighted by atomic mass is 32.2. The molecule has 2 saturated carbocycles. The SMILES string of the molecule is CCCCCCCC1([S+](C)[O-])CCC(C2CCC(CCCCC)CC2)CC1. The van der Waals surface area contributed by atoms with Crippen molar-refractivity contribution in [1.82, 2.24) is 0 Å². The lowest BCUT2D eigenvalue weighted by Crippen LogP contribution is -2.43. The first-order valence-electron chi connectivity index (χ1n) is 12.4. The average Bonchev–Trinajstić information content (AvgIpc) is 2.69. The van der Waals surface area contributed by atoms with Gasteiger partial charge in [-0.15, -0.1) is 0 Å². The summed E-state index contributed by atoms with van der Waals surface area (Å²) in [5.74, 6) is 2.96. The molecule has 0 spiro atoms. The topological polar surface area (TPSA) is 23.1 Å². The summed E-state index contributed by atoms with van der Waals surface area (Å²) < 4.78 is 12.8. The molecule has 2 aliphatic rings. The Morgan fingerprint density at radius 3 is 1.89 bits per heavy atom. The fraction of sp³-hybridized carbons (Fsp3) is 1.00. The molecule has 1 unspecified atom stereocenters. The largest absolute Gasteiger partial charge is 0.616 e. The summed E-state index contributed by atoms with van der Waals surface area (Å²) in [6.07, 6.45) is 26.8. The molecule has 0 N–H and O–H groups in total. The molecule has 2 heteroatoms. The Kier molecular flexibility index (Phi) is 11.2. The predicted octanol–water partition coefficient (Wildman–Crippen LogP) is 8.04. The minimum Gasteiger partial charge on any atom is -0.616 e. The monoisotopic (exact) mass is 396 g/mol. The Hall–Kier alpha value is 0.310. The molecule has 0 bridgehead atoms. The van der Waals surface area contributed by atoms with E-state index in [1.54, 1.807) is 0 Å². The summed E-state index contributed by atoms with van der Waals surface area (Å²) in [5.41, 5.74) is 0. The normalized spacial score (nSPS) is 33.1. The molecule has 0 aromatic heterocycles. The zero-order valence-electron chi connectivity index (χ0n) is 18.8. The van der Waals surface area contributed by atoms with Gasteiger partial charge in [0.1, 0.15) is 4.75 Å². The summed E-state index contributed by atoms with van der Waals surface area (Å²) in [7, 11) is 0. The average molecular weight is 397 g/mol. The molecular formula is C25H48OS. The van der Waals surface area contributed by atoms with Gasteiger partial charge < -0.3 is 4.55 Å². The smallest absolute Gasteiger partial charge is 0.125 e. The zero-order valence-corrected chi connectivity index (χ0v) is 19.6. The number of rotatable bonds is 12. The van der Waals surface area contributed by atoms with Crippen LogP contribution in [0.4, 0.5) is 0 Å². The van der Waals surface area contributed by atoms with Gasteiger partial charge in [0, 0.05) is 0 Å². The molecular weight excluding hydrogens is 348 g/mol. The molecule has 0 saturated heterocycles. The van der Waals surface area contributed by atoms with Crippen LogP contribution in [0.2, 0.25) is 0 Å². The zero-order chi connectivity index (χ0) is 19.5. The van der Waals surface area contributed by atoms with Crippen LogP contribution in [-0.2, 0) is 11.2 Å². The van der Waals surface area contributed by atoms with Gasteiger partial charge in [-0.1, -0.05) is 89.2 Å². The third kappa shape index (κ3) is 7.57. The highest BCUT2D eigenvalue weighted by Gasteiger charge is 2.44. The minimum absolute atomic E-state index is 0.167. The van der Waals surface area contributed by atoms with Crippen molar-refractivity contribution in [2.75, 3.05) is 6.26 Å². The molecule has 0 heterocycles. The number of unbranched alkanes of at least 4 members (excludes halogenated alkanes) is 6. The van der Waals surface area contributed by atoms with Crippen molar-refractivity contribution >= 4 is 11.2 Å². The number of hydrogen-bond acceptors (Lipinski definition) is 1. The first kappa shape index (κ1) is 23.6. The molecule has 0 aliphatic heterocycles. The van der Waals surface area contributed by atoms with Gasteiger partial charge in [0.25, 0.3) is 0 Å². The van der Waals surface area contributed by atoms with E-state index >= 15 is 0 Å². The van der Waals surface area contributed by atoms with Gasteiger partial charge in [0.15, 0.2) is 0 Å². The Morgan fingerprint density at radius 1 is 0.741 bits per heavy atom. The van der Waals surface area contributed by atoms with Crippen molar-refractivity contribution in [1.29, 1.82) is 0 Å². The Bertz CT molecular complexity index is 365. The minimum atomic E-state index is -0.648. The van der Waals surface area contributed by atoms with Gasteiger partial charge in [-0.25, -0.2) is 0 Å². The first-order valence-corrected chi connectivity index (χ1v) is 14.0. The Balaban J connectivity index is 1.71. The summed E-state index contributed by atoms with van der Waals surface area (Å²) >= 11 is -0.648. The first-order chi connectivity index (χ1) is 13.1. The Morgan fingerprint density at radius 2 is 1.30 bits per heavy atom. The molecule has 160 valence electrons. The second-order valence-electron chi connectivity index (χ2n) is 9.92. The quantitative estimate of drug-likeness (QED) is 0.242. The molecule has 1 atom stereocenters. The fourth-order valence-corrected chi connectivity index (χ4v) is 7.24. The van der Waals surface area contributed by atoms with E-state index < -0.39 is 11.2 Å². The fourth-order valence-electron chi connectivity index (χ4n) is 6.00. The lowest BCUT2D eigenvalue weighted by molar-refractivity contribution is 0.145. The number of hydrogen-bond donors (Lipinski definition) is 0. The maximum Gasteiger partial charge on any atom is 0.125 e. The van der Waals surface area contributed by atoms with Crippen molar-refractivity contribution in [2.24, 2.45) is 17.8 Å². The van der Waals surface area contributed by atoms with Gasteiger partial charge in [-0.2, -0.15) is 0 Å². The van der Waals surface area contributed by atoms with E-state index in [1.165, 1.54) is 116 Å². The van der Waals surface area contributed by atoms with Crippen LogP contribution in [0.15, 0.2) is 0 Å². The van der Waals surface area contributed by atoms with Crippen LogP contribution >= 0.6 is 0 Å². The summed E-state index contributed by atoms with van der Waals surface area (Å²) in [6, 6.07) is 0. The van der Waals surface area contributed by atoms with Gasteiger partial charge >= 0.3 is 0 Å². The van der Waals surface area contributed by atoms with E-state index in [4.69, 9.17) is 0 Å². The molecule has 2 aliphatic carbocycles. The maximum atomic E-state index is 12.6. The van der Waals surface area contributed by atoms with E-state index in [9.17, 15) is 4.55 Å². The van der Waals surface area contributed by atoms with Crippen LogP contribution in [-0.4, -0.2) is 15.6 Å². The van der Waals surface area contributed by atoms with Crippen molar-refractivity contribution < 1.29 is 4.55 Å². The van der Waals surface area contributed by atoms with Crippen molar-refractivity contribution in [3.63, 3.8) is 0 Å². The van der Waals surface area contributed by atoms with E-state index in [-0.39, 0.29) is 4.75 Å². The molecule has 27 heavy (non-hydrogen) atoms. The highest BCUT2D eigenvalue weighted by molar-refractivity contribution is 7.92. The standard InChI is InChI=1S/C25H48OS/c1-4-6-8-9-11-19-25(27(3)26)20-17-24(18-21-25)23-15-13-22(14-16-23)12-10-7-5-2/h22-24H,4-21H2,1-3H3. The lowest BCUT2D eigenvalue weighted by Gasteiger charge is -2.43. The summed E-state index contributed by atoms with van der Waals surface area (Å²) in [4.78, 5) is 0. The van der Waals surface area contributed by atoms with Crippen molar-refractivity contribution in [2.45, 2.75) is 134 Å². The van der Waals surface area contributed by atoms with E-state index in [2.05, 4.69) is 13.8 Å². The van der Waals surface area contributed by atoms with Gasteiger partial charge in [-0.05, 0) is 69.1 Å². The second-order valence-corrected chi connectivity index (χ2v) is 11.7. The van der Waals surface area contributed by atoms with Gasteiger partial charge in [0.05, 0.1) is 6.26 Å². The predicted molar refractivity (Wildman–Crippen MR) is 122 cm³/mol. The van der Waals surface area contributed by atoms with Crippen LogP contribution in [0.25, 0.3) is 0 Å². The molecule has 2 fully saturated rings. The van der Waals surface area contributed by atoms with Crippen molar-refractivity contribution in [3.8, 4) is 0 Å². The highest BCUT2D eigenvalue weighted by Crippen LogP contribution is 2.47. The Labute approximate surface area is 174 Å². The lowest BCUT2D eigenvalue weighted by atomic mass is 9.68. The van der Waals surface area contributed by atoms with E-state index in [0.29, 0.717) is 0 Å². The third-order valence-electron chi connectivity index (χ3n) is 8.06. The molecule has 2 rings (SSSR count). The van der Waals surface area contributed by atoms with E-state index in [0.717, 1.165) is 17.8 Å². The van der Waals surface area contributed by atoms with Crippen LogP contribution < -0.4 is 0 Å². The van der Waals surface area contributed by atoms with Gasteiger partial charge in [0.2, 0.25) is 0 Å². The van der Waals surface area contributed by atoms with Crippen LogP contribution in [0, 0.1) is 17.8 Å². The molecule has 0 amide bonds. The van der Waals surface area contributed by atoms with Gasteiger partial charge in [-0.3, -0.25) is 0 Å². The van der Waals surface area contributed by atoms with Crippen LogP contribution in [0.3, 0.4) is 0 Å². The third-order valence-corrected chi connectivity index (χ3v) is 9.89.